The summed E-state index contributed by atoms with van der Waals surface area (Å²) >= 11 is 5.92. The molecule has 32 heavy (non-hydrogen) atoms. The number of aromatic nitrogens is 1. The molecule has 1 aromatic carbocycles. The highest BCUT2D eigenvalue weighted by molar-refractivity contribution is 7.93. The maximum absolute atomic E-state index is 14.7. The predicted octanol–water partition coefficient (Wildman–Crippen LogP) is 2.96. The molecule has 2 heterocycles. The number of benzene rings is 1. The van der Waals surface area contributed by atoms with Gasteiger partial charge in [0.1, 0.15) is 22.9 Å². The van der Waals surface area contributed by atoms with Gasteiger partial charge in [-0.1, -0.05) is 11.6 Å². The van der Waals surface area contributed by atoms with E-state index in [0.29, 0.717) is 10.6 Å². The number of anilines is 1. The topological polar surface area (TPSA) is 124 Å². The van der Waals surface area contributed by atoms with Crippen LogP contribution in [0.15, 0.2) is 35.5 Å². The van der Waals surface area contributed by atoms with Crippen LogP contribution in [0.1, 0.15) is 35.5 Å². The molecular weight excluding hydrogens is 466 g/mol. The summed E-state index contributed by atoms with van der Waals surface area (Å²) in [5.74, 6) is -2.98. The number of aliphatic imine (C=N–C) groups is 1. The Morgan fingerprint density at radius 1 is 1.34 bits per heavy atom. The van der Waals surface area contributed by atoms with Gasteiger partial charge in [0.05, 0.1) is 17.4 Å². The third-order valence-corrected chi connectivity index (χ3v) is 7.66. The van der Waals surface area contributed by atoms with E-state index >= 15 is 0 Å². The zero-order valence-corrected chi connectivity index (χ0v) is 19.0. The lowest BCUT2D eigenvalue weighted by atomic mass is 9.93. The summed E-state index contributed by atoms with van der Waals surface area (Å²) < 4.78 is 59.1. The minimum atomic E-state index is -4.39. The lowest BCUT2D eigenvalue weighted by Gasteiger charge is -2.35. The number of nitrogens with two attached hydrogens (primary N) is 1. The smallest absolute Gasteiger partial charge is 0.274 e. The van der Waals surface area contributed by atoms with E-state index in [1.54, 1.807) is 0 Å². The van der Waals surface area contributed by atoms with Crippen molar-refractivity contribution in [1.29, 1.82) is 0 Å². The second-order valence-electron chi connectivity index (χ2n) is 7.69. The van der Waals surface area contributed by atoms with Crippen LogP contribution in [-0.2, 0) is 26.7 Å². The van der Waals surface area contributed by atoms with Crippen molar-refractivity contribution < 1.29 is 26.7 Å². The number of amidine groups is 1. The molecule has 0 bridgehead atoms. The number of pyridine rings is 1. The second-order valence-corrected chi connectivity index (χ2v) is 10.4. The van der Waals surface area contributed by atoms with Gasteiger partial charge in [-0.2, -0.15) is 0 Å². The zero-order chi connectivity index (χ0) is 23.9. The summed E-state index contributed by atoms with van der Waals surface area (Å²) in [4.78, 5) is 20.7. The first-order valence-corrected chi connectivity index (χ1v) is 11.4. The number of alkyl halides is 1. The summed E-state index contributed by atoms with van der Waals surface area (Å²) in [5, 5.41) is 0.0432. The third-order valence-electron chi connectivity index (χ3n) is 5.13. The van der Waals surface area contributed by atoms with Crippen LogP contribution >= 0.6 is 11.6 Å². The van der Waals surface area contributed by atoms with Crippen LogP contribution in [0.2, 0.25) is 5.02 Å². The monoisotopic (exact) mass is 486 g/mol. The Labute approximate surface area is 188 Å². The molecule has 0 saturated heterocycles. The largest absolute Gasteiger partial charge is 0.384 e. The summed E-state index contributed by atoms with van der Waals surface area (Å²) in [6.45, 7) is 2.20. The van der Waals surface area contributed by atoms with Crippen LogP contribution in [0.25, 0.3) is 0 Å². The molecular formula is C20H21ClF2N4O4S. The SMILES string of the molecule is COCc1cc(Cl)cnc1C(=O)Nc1ccc(F)c([C@]2(C)CS(=O)(=O)[C@@](C)(F)C(N)=N2)c1. The molecule has 12 heteroatoms. The Balaban J connectivity index is 1.99. The van der Waals surface area contributed by atoms with Crippen molar-refractivity contribution in [3.05, 3.63) is 58.1 Å². The molecule has 0 spiro atoms. The fourth-order valence-electron chi connectivity index (χ4n) is 3.36. The minimum absolute atomic E-state index is 0.0454. The zero-order valence-electron chi connectivity index (χ0n) is 17.4. The van der Waals surface area contributed by atoms with Crippen LogP contribution in [0.4, 0.5) is 14.5 Å². The van der Waals surface area contributed by atoms with E-state index in [4.69, 9.17) is 22.1 Å². The van der Waals surface area contributed by atoms with Crippen molar-refractivity contribution in [3.63, 3.8) is 0 Å². The van der Waals surface area contributed by atoms with Gasteiger partial charge in [0, 0.05) is 30.1 Å². The Kier molecular flexibility index (Phi) is 6.29. The van der Waals surface area contributed by atoms with Crippen LogP contribution in [0, 0.1) is 5.82 Å². The van der Waals surface area contributed by atoms with Gasteiger partial charge >= 0.3 is 0 Å². The van der Waals surface area contributed by atoms with Gasteiger partial charge < -0.3 is 15.8 Å². The van der Waals surface area contributed by atoms with Crippen LogP contribution in [0.3, 0.4) is 0 Å². The molecule has 0 saturated carbocycles. The van der Waals surface area contributed by atoms with E-state index in [1.807, 2.05) is 0 Å². The normalized spacial score (nSPS) is 24.6. The number of methoxy groups -OCH3 is 1. The molecule has 0 fully saturated rings. The number of halogens is 3. The second kappa shape index (κ2) is 8.38. The van der Waals surface area contributed by atoms with Gasteiger partial charge in [0.15, 0.2) is 9.84 Å². The first kappa shape index (κ1) is 24.0. The Morgan fingerprint density at radius 3 is 2.66 bits per heavy atom. The summed E-state index contributed by atoms with van der Waals surface area (Å²) in [7, 11) is -2.94. The minimum Gasteiger partial charge on any atom is -0.384 e. The van der Waals surface area contributed by atoms with Gasteiger partial charge in [-0.3, -0.25) is 9.79 Å². The van der Waals surface area contributed by atoms with E-state index in [1.165, 1.54) is 38.4 Å². The van der Waals surface area contributed by atoms with Crippen LogP contribution < -0.4 is 11.1 Å². The maximum Gasteiger partial charge on any atom is 0.274 e. The van der Waals surface area contributed by atoms with Crippen molar-refractivity contribution in [3.8, 4) is 0 Å². The highest BCUT2D eigenvalue weighted by atomic mass is 35.5. The summed E-state index contributed by atoms with van der Waals surface area (Å²) in [6.07, 6.45) is 1.30. The first-order valence-electron chi connectivity index (χ1n) is 9.32. The molecule has 3 N–H and O–H groups in total. The number of sulfone groups is 1. The van der Waals surface area contributed by atoms with Gasteiger partial charge in [-0.05, 0) is 38.1 Å². The Morgan fingerprint density at radius 2 is 2.03 bits per heavy atom. The molecule has 1 amide bonds. The van der Waals surface area contributed by atoms with E-state index in [0.717, 1.165) is 13.0 Å². The molecule has 2 aromatic rings. The van der Waals surface area contributed by atoms with Crippen molar-refractivity contribution in [2.45, 2.75) is 31.0 Å². The highest BCUT2D eigenvalue weighted by Gasteiger charge is 2.53. The number of rotatable bonds is 5. The van der Waals surface area contributed by atoms with Gasteiger partial charge in [0.25, 0.3) is 10.9 Å². The van der Waals surface area contributed by atoms with Crippen LogP contribution in [0.5, 0.6) is 0 Å². The van der Waals surface area contributed by atoms with Crippen molar-refractivity contribution in [1.82, 2.24) is 4.98 Å². The standard InChI is InChI=1S/C20H21ClF2N4O4S/c1-19(10-32(29,30)20(2,23)18(24)27-19)14-7-13(4-5-15(14)22)26-17(28)16-11(9-31-3)6-12(21)8-25-16/h4-8H,9-10H2,1-3H3,(H2,24,27)(H,26,28)/t19-,20+/m0/s1. The van der Waals surface area contributed by atoms with E-state index in [2.05, 4.69) is 15.3 Å². The van der Waals surface area contributed by atoms with Crippen LogP contribution in [-0.4, -0.2) is 43.0 Å². The first-order chi connectivity index (χ1) is 14.8. The lowest BCUT2D eigenvalue weighted by molar-refractivity contribution is 0.101. The third kappa shape index (κ3) is 4.32. The molecule has 2 atom stereocenters. The average Bonchev–Trinajstić information content (AvgIpc) is 2.68. The van der Waals surface area contributed by atoms with Gasteiger partial charge in [-0.15, -0.1) is 0 Å². The van der Waals surface area contributed by atoms with Crippen molar-refractivity contribution in [2.75, 3.05) is 18.2 Å². The number of nitrogens with zero attached hydrogens (tertiary/aromatic N) is 2. The number of ether oxygens (including phenoxy) is 1. The number of carbonyl (C=O) groups excluding carboxylic acids is 1. The molecule has 1 aromatic heterocycles. The average molecular weight is 487 g/mol. The van der Waals surface area contributed by atoms with Gasteiger partial charge in [-0.25, -0.2) is 22.2 Å². The Hall–Kier alpha value is -2.63. The molecule has 0 radical (unpaired) electrons. The lowest BCUT2D eigenvalue weighted by Crippen LogP contribution is -2.54. The molecule has 172 valence electrons. The van der Waals surface area contributed by atoms with E-state index in [9.17, 15) is 22.0 Å². The van der Waals surface area contributed by atoms with E-state index < -0.39 is 43.7 Å². The summed E-state index contributed by atoms with van der Waals surface area (Å²) in [5.41, 5.74) is 4.34. The summed E-state index contributed by atoms with van der Waals surface area (Å²) in [6, 6.07) is 5.09. The molecule has 1 aliphatic heterocycles. The van der Waals surface area contributed by atoms with E-state index in [-0.39, 0.29) is 23.6 Å². The quantitative estimate of drug-likeness (QED) is 0.669. The van der Waals surface area contributed by atoms with Gasteiger partial charge in [0.2, 0.25) is 0 Å². The molecule has 1 aliphatic rings. The molecule has 0 unspecified atom stereocenters. The maximum atomic E-state index is 14.7. The Bertz CT molecular complexity index is 1220. The molecule has 3 rings (SSSR count). The van der Waals surface area contributed by atoms with Crippen molar-refractivity contribution in [2.24, 2.45) is 10.7 Å². The number of hydrogen-bond donors (Lipinski definition) is 2. The van der Waals surface area contributed by atoms with Crippen molar-refractivity contribution >= 4 is 38.9 Å². The number of hydrogen-bond acceptors (Lipinski definition) is 7. The molecule has 8 nitrogen and oxygen atoms in total. The fraction of sp³-hybridized carbons (Fsp3) is 0.350. The predicted molar refractivity (Wildman–Crippen MR) is 117 cm³/mol. The number of carbonyl (C=O) groups is 1. The highest BCUT2D eigenvalue weighted by Crippen LogP contribution is 2.39. The number of amides is 1. The number of nitrogens with one attached hydrogen (secondary N) is 1. The molecule has 0 aliphatic carbocycles. The fourth-order valence-corrected chi connectivity index (χ4v) is 5.13.